The molecule has 0 atom stereocenters. The monoisotopic (exact) mass is 446 g/mol. The van der Waals surface area contributed by atoms with Crippen molar-refractivity contribution < 1.29 is 28.6 Å². The first-order valence-corrected chi connectivity index (χ1v) is 10.9. The molecule has 1 fully saturated rings. The molecule has 8 heteroatoms. The van der Waals surface area contributed by atoms with E-state index in [1.807, 2.05) is 0 Å². The van der Waals surface area contributed by atoms with E-state index in [9.17, 15) is 14.4 Å². The van der Waals surface area contributed by atoms with Crippen LogP contribution in [0.5, 0.6) is 11.5 Å². The SMILES string of the molecule is COc1cc(C=CC(=O)N[C@H]2CC[C@H](C)CC2)ccc1OC(=O)CNC(=O)OC(C)(C)C. The second kappa shape index (κ2) is 11.5. The molecular formula is C24H34N2O6. The summed E-state index contributed by atoms with van der Waals surface area (Å²) in [5.41, 5.74) is 0.0628. The highest BCUT2D eigenvalue weighted by atomic mass is 16.6. The normalized spacial score (nSPS) is 18.7. The lowest BCUT2D eigenvalue weighted by Crippen LogP contribution is -2.36. The minimum atomic E-state index is -0.706. The molecule has 0 aromatic heterocycles. The van der Waals surface area contributed by atoms with Gasteiger partial charge in [-0.2, -0.15) is 0 Å². The summed E-state index contributed by atoms with van der Waals surface area (Å²) in [7, 11) is 1.45. The van der Waals surface area contributed by atoms with Crippen molar-refractivity contribution in [2.24, 2.45) is 5.92 Å². The Morgan fingerprint density at radius 1 is 1.09 bits per heavy atom. The van der Waals surface area contributed by atoms with Crippen molar-refractivity contribution in [2.45, 2.75) is 65.0 Å². The fourth-order valence-electron chi connectivity index (χ4n) is 3.32. The van der Waals surface area contributed by atoms with Crippen LogP contribution in [0.1, 0.15) is 58.9 Å². The lowest BCUT2D eigenvalue weighted by atomic mass is 9.87. The number of hydrogen-bond donors (Lipinski definition) is 2. The van der Waals surface area contributed by atoms with Crippen molar-refractivity contribution in [1.29, 1.82) is 0 Å². The summed E-state index contributed by atoms with van der Waals surface area (Å²) in [6, 6.07) is 5.17. The molecule has 8 nitrogen and oxygen atoms in total. The Balaban J connectivity index is 1.88. The van der Waals surface area contributed by atoms with E-state index in [1.165, 1.54) is 13.2 Å². The molecule has 2 rings (SSSR count). The van der Waals surface area contributed by atoms with Crippen LogP contribution in [-0.2, 0) is 14.3 Å². The van der Waals surface area contributed by atoms with E-state index in [4.69, 9.17) is 14.2 Å². The molecule has 176 valence electrons. The largest absolute Gasteiger partial charge is 0.493 e. The van der Waals surface area contributed by atoms with Gasteiger partial charge in [-0.1, -0.05) is 13.0 Å². The van der Waals surface area contributed by atoms with Gasteiger partial charge >= 0.3 is 12.1 Å². The van der Waals surface area contributed by atoms with Crippen molar-refractivity contribution >= 4 is 24.0 Å². The van der Waals surface area contributed by atoms with Crippen LogP contribution in [0.3, 0.4) is 0 Å². The van der Waals surface area contributed by atoms with Crippen LogP contribution in [-0.4, -0.2) is 43.3 Å². The van der Waals surface area contributed by atoms with E-state index in [0.29, 0.717) is 5.75 Å². The maximum absolute atomic E-state index is 12.2. The molecule has 1 aliphatic carbocycles. The molecule has 0 saturated heterocycles. The number of carbonyl (C=O) groups is 3. The molecule has 0 bridgehead atoms. The molecule has 32 heavy (non-hydrogen) atoms. The topological polar surface area (TPSA) is 103 Å². The van der Waals surface area contributed by atoms with Crippen molar-refractivity contribution in [2.75, 3.05) is 13.7 Å². The summed E-state index contributed by atoms with van der Waals surface area (Å²) in [4.78, 5) is 35.9. The van der Waals surface area contributed by atoms with Crippen LogP contribution in [0, 0.1) is 5.92 Å². The molecule has 0 aliphatic heterocycles. The van der Waals surface area contributed by atoms with Gasteiger partial charge in [0.15, 0.2) is 11.5 Å². The number of ether oxygens (including phenoxy) is 3. The standard InChI is InChI=1S/C24H34N2O6/c1-16-6-10-18(11-7-16)26-21(27)13-9-17-8-12-19(20(14-17)30-5)31-22(28)15-25-23(29)32-24(2,3)4/h8-9,12-14,16,18H,6-7,10-11,15H2,1-5H3,(H,25,29)(H,26,27)/t16-,18-. The van der Waals surface area contributed by atoms with Gasteiger partial charge < -0.3 is 24.8 Å². The highest BCUT2D eigenvalue weighted by molar-refractivity contribution is 5.92. The van der Waals surface area contributed by atoms with Gasteiger partial charge in [-0.15, -0.1) is 0 Å². The van der Waals surface area contributed by atoms with E-state index in [0.717, 1.165) is 37.2 Å². The molecule has 1 aromatic rings. The third kappa shape index (κ3) is 8.99. The Morgan fingerprint density at radius 2 is 1.78 bits per heavy atom. The molecule has 0 spiro atoms. The zero-order valence-corrected chi connectivity index (χ0v) is 19.5. The number of amides is 2. The number of alkyl carbamates (subject to hydrolysis) is 1. The molecular weight excluding hydrogens is 412 g/mol. The van der Waals surface area contributed by atoms with Crippen LogP contribution in [0.4, 0.5) is 4.79 Å². The number of hydrogen-bond acceptors (Lipinski definition) is 6. The smallest absolute Gasteiger partial charge is 0.408 e. The van der Waals surface area contributed by atoms with Crippen LogP contribution >= 0.6 is 0 Å². The molecule has 0 radical (unpaired) electrons. The zero-order valence-electron chi connectivity index (χ0n) is 19.5. The number of rotatable bonds is 7. The fourth-order valence-corrected chi connectivity index (χ4v) is 3.32. The maximum Gasteiger partial charge on any atom is 0.408 e. The first-order valence-electron chi connectivity index (χ1n) is 10.9. The molecule has 0 unspecified atom stereocenters. The Morgan fingerprint density at radius 3 is 2.41 bits per heavy atom. The lowest BCUT2D eigenvalue weighted by molar-refractivity contribution is -0.133. The predicted molar refractivity (Wildman–Crippen MR) is 121 cm³/mol. The van der Waals surface area contributed by atoms with E-state index >= 15 is 0 Å². The zero-order chi connectivity index (χ0) is 23.7. The van der Waals surface area contributed by atoms with Gasteiger partial charge in [-0.3, -0.25) is 4.79 Å². The highest BCUT2D eigenvalue weighted by Gasteiger charge is 2.19. The van der Waals surface area contributed by atoms with Gasteiger partial charge in [0.2, 0.25) is 5.91 Å². The molecule has 0 heterocycles. The van der Waals surface area contributed by atoms with Crippen LogP contribution in [0.15, 0.2) is 24.3 Å². The third-order valence-corrected chi connectivity index (χ3v) is 4.98. The van der Waals surface area contributed by atoms with E-state index < -0.39 is 17.7 Å². The van der Waals surface area contributed by atoms with E-state index in [1.54, 1.807) is 45.0 Å². The van der Waals surface area contributed by atoms with Gasteiger partial charge in [0.1, 0.15) is 12.1 Å². The number of benzene rings is 1. The summed E-state index contributed by atoms with van der Waals surface area (Å²) in [6.07, 6.45) is 6.76. The summed E-state index contributed by atoms with van der Waals surface area (Å²) in [5, 5.41) is 5.39. The molecule has 2 amide bonds. The Hall–Kier alpha value is -3.03. The number of esters is 1. The molecule has 1 aliphatic rings. The average molecular weight is 447 g/mol. The summed E-state index contributed by atoms with van der Waals surface area (Å²) >= 11 is 0. The third-order valence-electron chi connectivity index (χ3n) is 4.98. The maximum atomic E-state index is 12.2. The Labute approximate surface area is 189 Å². The van der Waals surface area contributed by atoms with Gasteiger partial charge in [0.05, 0.1) is 7.11 Å². The molecule has 2 N–H and O–H groups in total. The van der Waals surface area contributed by atoms with E-state index in [2.05, 4.69) is 17.6 Å². The lowest BCUT2D eigenvalue weighted by Gasteiger charge is -2.26. The second-order valence-corrected chi connectivity index (χ2v) is 9.04. The highest BCUT2D eigenvalue weighted by Crippen LogP contribution is 2.29. The van der Waals surface area contributed by atoms with Crippen molar-refractivity contribution in [3.8, 4) is 11.5 Å². The molecule has 1 aromatic carbocycles. The minimum absolute atomic E-state index is 0.132. The van der Waals surface area contributed by atoms with Crippen LogP contribution in [0.2, 0.25) is 0 Å². The first kappa shape index (κ1) is 25.2. The summed E-state index contributed by atoms with van der Waals surface area (Å²) in [6.45, 7) is 7.08. The minimum Gasteiger partial charge on any atom is -0.493 e. The van der Waals surface area contributed by atoms with Gasteiger partial charge in [0.25, 0.3) is 0 Å². The first-order chi connectivity index (χ1) is 15.1. The van der Waals surface area contributed by atoms with Crippen molar-refractivity contribution in [3.05, 3.63) is 29.8 Å². The van der Waals surface area contributed by atoms with Gasteiger partial charge in [0, 0.05) is 12.1 Å². The Bertz CT molecular complexity index is 835. The van der Waals surface area contributed by atoms with Gasteiger partial charge in [-0.25, -0.2) is 9.59 Å². The number of nitrogens with one attached hydrogen (secondary N) is 2. The average Bonchev–Trinajstić information content (AvgIpc) is 2.72. The fraction of sp³-hybridized carbons (Fsp3) is 0.542. The molecule has 1 saturated carbocycles. The number of carbonyl (C=O) groups excluding carboxylic acids is 3. The quantitative estimate of drug-likeness (QED) is 0.375. The second-order valence-electron chi connectivity index (χ2n) is 9.04. The van der Waals surface area contributed by atoms with E-state index in [-0.39, 0.29) is 24.2 Å². The summed E-state index contributed by atoms with van der Waals surface area (Å²) in [5.74, 6) is 0.471. The van der Waals surface area contributed by atoms with Crippen LogP contribution < -0.4 is 20.1 Å². The summed E-state index contributed by atoms with van der Waals surface area (Å²) < 4.78 is 15.6. The van der Waals surface area contributed by atoms with Crippen molar-refractivity contribution in [1.82, 2.24) is 10.6 Å². The number of methoxy groups -OCH3 is 1. The predicted octanol–water partition coefficient (Wildman–Crippen LogP) is 3.83. The van der Waals surface area contributed by atoms with Crippen LogP contribution in [0.25, 0.3) is 6.08 Å². The van der Waals surface area contributed by atoms with Crippen molar-refractivity contribution in [3.63, 3.8) is 0 Å². The Kier molecular flexibility index (Phi) is 9.11. The van der Waals surface area contributed by atoms with Gasteiger partial charge in [-0.05, 0) is 76.1 Å².